The number of aromatic nitrogens is 2. The monoisotopic (exact) mass is 554 g/mol. The summed E-state index contributed by atoms with van der Waals surface area (Å²) in [6.07, 6.45) is 7.46. The topological polar surface area (TPSA) is 92.6 Å². The Balaban J connectivity index is 1.32. The standard InChI is InChI=1S/C32H42N8O/c1-23(24-7-10-35-32(19-24)40-11-8-28(9-12-40)38(3)4)37-31-18-27-17-25(5-6-26(27)21-36-31)29(20-33)30(34-2)22-39-13-15-41-16-14-39/h5-7,10,17-21,28,33-34H,1,8-9,11-16,22H2,2-4H3,(H,36,37)/b30-29+,33-20?. The highest BCUT2D eigenvalue weighted by molar-refractivity contribution is 6.10. The van der Waals surface area contributed by atoms with Crippen LogP contribution in [-0.2, 0) is 4.74 Å². The maximum Gasteiger partial charge on any atom is 0.130 e. The summed E-state index contributed by atoms with van der Waals surface area (Å²) < 4.78 is 5.50. The fraction of sp³-hybridized carbons (Fsp3) is 0.406. The van der Waals surface area contributed by atoms with Crippen molar-refractivity contribution < 1.29 is 4.74 Å². The van der Waals surface area contributed by atoms with Gasteiger partial charge in [0, 0.05) is 92.3 Å². The summed E-state index contributed by atoms with van der Waals surface area (Å²) in [5, 5.41) is 17.0. The van der Waals surface area contributed by atoms with Gasteiger partial charge in [-0.2, -0.15) is 0 Å². The lowest BCUT2D eigenvalue weighted by molar-refractivity contribution is 0.0418. The van der Waals surface area contributed by atoms with E-state index >= 15 is 0 Å². The van der Waals surface area contributed by atoms with E-state index in [2.05, 4.69) is 80.2 Å². The Bertz CT molecular complexity index is 1400. The second kappa shape index (κ2) is 13.2. The van der Waals surface area contributed by atoms with Gasteiger partial charge < -0.3 is 30.6 Å². The number of likely N-dealkylation sites (N-methyl/N-ethyl adjacent to an activating group) is 1. The normalized spacial score (nSPS) is 17.4. The predicted octanol–water partition coefficient (Wildman–Crippen LogP) is 4.16. The molecule has 0 bridgehead atoms. The lowest BCUT2D eigenvalue weighted by Gasteiger charge is -2.36. The lowest BCUT2D eigenvalue weighted by Crippen LogP contribution is -2.42. The number of fused-ring (bicyclic) bond motifs is 1. The molecule has 3 N–H and O–H groups in total. The summed E-state index contributed by atoms with van der Waals surface area (Å²) in [4.78, 5) is 16.3. The third-order valence-corrected chi connectivity index (χ3v) is 8.18. The highest BCUT2D eigenvalue weighted by Crippen LogP contribution is 2.27. The Morgan fingerprint density at radius 3 is 2.54 bits per heavy atom. The van der Waals surface area contributed by atoms with E-state index in [1.807, 2.05) is 31.6 Å². The summed E-state index contributed by atoms with van der Waals surface area (Å²) in [7, 11) is 6.24. The molecule has 9 heteroatoms. The van der Waals surface area contributed by atoms with Crippen molar-refractivity contribution in [1.29, 1.82) is 5.41 Å². The van der Waals surface area contributed by atoms with Gasteiger partial charge in [-0.25, -0.2) is 9.97 Å². The van der Waals surface area contributed by atoms with Gasteiger partial charge in [0.15, 0.2) is 0 Å². The average Bonchev–Trinajstić information content (AvgIpc) is 3.01. The van der Waals surface area contributed by atoms with Gasteiger partial charge in [-0.3, -0.25) is 4.90 Å². The first-order valence-electron chi connectivity index (χ1n) is 14.4. The van der Waals surface area contributed by atoms with Crippen molar-refractivity contribution in [2.24, 2.45) is 0 Å². The molecule has 2 aromatic heterocycles. The van der Waals surface area contributed by atoms with Crippen LogP contribution in [0, 0.1) is 5.41 Å². The van der Waals surface area contributed by atoms with Crippen LogP contribution in [-0.4, -0.2) is 99.1 Å². The van der Waals surface area contributed by atoms with Crippen molar-refractivity contribution in [3.63, 3.8) is 0 Å². The van der Waals surface area contributed by atoms with Crippen molar-refractivity contribution in [3.8, 4) is 0 Å². The zero-order chi connectivity index (χ0) is 28.8. The van der Waals surface area contributed by atoms with E-state index in [-0.39, 0.29) is 0 Å². The van der Waals surface area contributed by atoms with Crippen molar-refractivity contribution in [3.05, 3.63) is 72.2 Å². The number of anilines is 2. The van der Waals surface area contributed by atoms with Crippen LogP contribution in [0.4, 0.5) is 11.6 Å². The summed E-state index contributed by atoms with van der Waals surface area (Å²) in [5.41, 5.74) is 4.69. The summed E-state index contributed by atoms with van der Waals surface area (Å²) >= 11 is 0. The molecule has 0 saturated carbocycles. The van der Waals surface area contributed by atoms with Crippen LogP contribution in [0.3, 0.4) is 0 Å². The van der Waals surface area contributed by atoms with Gasteiger partial charge in [-0.05, 0) is 62.2 Å². The molecule has 4 heterocycles. The lowest BCUT2D eigenvalue weighted by atomic mass is 10.0. The van der Waals surface area contributed by atoms with E-state index in [0.29, 0.717) is 6.04 Å². The molecule has 41 heavy (non-hydrogen) atoms. The third-order valence-electron chi connectivity index (χ3n) is 8.18. The fourth-order valence-electron chi connectivity index (χ4n) is 5.62. The number of hydrogen-bond acceptors (Lipinski definition) is 9. The zero-order valence-electron chi connectivity index (χ0n) is 24.5. The number of benzene rings is 1. The number of piperidine rings is 1. The van der Waals surface area contributed by atoms with Gasteiger partial charge in [0.2, 0.25) is 0 Å². The van der Waals surface area contributed by atoms with Crippen LogP contribution in [0.15, 0.2) is 61.1 Å². The van der Waals surface area contributed by atoms with Crippen LogP contribution in [0.25, 0.3) is 22.0 Å². The summed E-state index contributed by atoms with van der Waals surface area (Å²) in [6.45, 7) is 10.4. The first-order valence-corrected chi connectivity index (χ1v) is 14.4. The molecular formula is C32H42N8O. The molecule has 0 atom stereocenters. The van der Waals surface area contributed by atoms with Crippen molar-refractivity contribution in [2.45, 2.75) is 18.9 Å². The zero-order valence-corrected chi connectivity index (χ0v) is 24.5. The number of ether oxygens (including phenoxy) is 1. The van der Waals surface area contributed by atoms with E-state index in [1.165, 1.54) is 6.21 Å². The number of morpholine rings is 1. The van der Waals surface area contributed by atoms with Crippen LogP contribution >= 0.6 is 0 Å². The molecule has 0 radical (unpaired) electrons. The fourth-order valence-corrected chi connectivity index (χ4v) is 5.62. The van der Waals surface area contributed by atoms with Gasteiger partial charge in [-0.15, -0.1) is 0 Å². The summed E-state index contributed by atoms with van der Waals surface area (Å²) in [5.74, 6) is 1.72. The molecule has 2 aliphatic rings. The molecule has 5 rings (SSSR count). The quantitative estimate of drug-likeness (QED) is 0.322. The van der Waals surface area contributed by atoms with Crippen LogP contribution in [0.1, 0.15) is 24.0 Å². The molecule has 3 aromatic rings. The minimum absolute atomic E-state index is 0.630. The van der Waals surface area contributed by atoms with E-state index < -0.39 is 0 Å². The predicted molar refractivity (Wildman–Crippen MR) is 170 cm³/mol. The van der Waals surface area contributed by atoms with Crippen LogP contribution in [0.2, 0.25) is 0 Å². The minimum atomic E-state index is 0.630. The molecule has 2 saturated heterocycles. The number of hydrogen-bond donors (Lipinski definition) is 3. The molecule has 0 spiro atoms. The molecule has 2 aliphatic heterocycles. The largest absolute Gasteiger partial charge is 0.390 e. The van der Waals surface area contributed by atoms with Gasteiger partial charge >= 0.3 is 0 Å². The van der Waals surface area contributed by atoms with Crippen molar-refractivity contribution in [2.75, 3.05) is 77.3 Å². The van der Waals surface area contributed by atoms with E-state index in [1.54, 1.807) is 0 Å². The average molecular weight is 555 g/mol. The number of rotatable bonds is 10. The second-order valence-electron chi connectivity index (χ2n) is 11.0. The maximum absolute atomic E-state index is 8.19. The number of nitrogens with zero attached hydrogens (tertiary/aromatic N) is 5. The Morgan fingerprint density at radius 1 is 1.05 bits per heavy atom. The van der Waals surface area contributed by atoms with E-state index in [0.717, 1.165) is 109 Å². The van der Waals surface area contributed by atoms with E-state index in [9.17, 15) is 0 Å². The first-order chi connectivity index (χ1) is 19.9. The molecule has 0 unspecified atom stereocenters. The van der Waals surface area contributed by atoms with Gasteiger partial charge in [-0.1, -0.05) is 18.7 Å². The van der Waals surface area contributed by atoms with Crippen LogP contribution in [0.5, 0.6) is 0 Å². The van der Waals surface area contributed by atoms with Gasteiger partial charge in [0.05, 0.1) is 13.2 Å². The van der Waals surface area contributed by atoms with E-state index in [4.69, 9.17) is 10.1 Å². The molecule has 0 aliphatic carbocycles. The van der Waals surface area contributed by atoms with Gasteiger partial charge in [0.1, 0.15) is 11.6 Å². The second-order valence-corrected chi connectivity index (χ2v) is 11.0. The highest BCUT2D eigenvalue weighted by Gasteiger charge is 2.22. The van der Waals surface area contributed by atoms with Crippen molar-refractivity contribution >= 4 is 39.9 Å². The van der Waals surface area contributed by atoms with Crippen LogP contribution < -0.4 is 15.5 Å². The molecule has 216 valence electrons. The first kappa shape index (κ1) is 28.7. The molecule has 1 aromatic carbocycles. The molecule has 9 nitrogen and oxygen atoms in total. The number of pyridine rings is 2. The Kier molecular flexibility index (Phi) is 9.28. The Labute approximate surface area is 243 Å². The molecule has 0 amide bonds. The molecule has 2 fully saturated rings. The number of nitrogens with one attached hydrogen (secondary N) is 3. The smallest absolute Gasteiger partial charge is 0.130 e. The molecular weight excluding hydrogens is 512 g/mol. The van der Waals surface area contributed by atoms with Crippen molar-refractivity contribution in [1.82, 2.24) is 25.1 Å². The minimum Gasteiger partial charge on any atom is -0.390 e. The number of allylic oxidation sites excluding steroid dienone is 1. The third kappa shape index (κ3) is 6.93. The van der Waals surface area contributed by atoms with Gasteiger partial charge in [0.25, 0.3) is 0 Å². The highest BCUT2D eigenvalue weighted by atomic mass is 16.5. The Hall–Kier alpha value is -3.79. The maximum atomic E-state index is 8.19. The summed E-state index contributed by atoms with van der Waals surface area (Å²) in [6, 6.07) is 13.0. The SMILES string of the molecule is C=C(Nc1cc2cc(/C(C=N)=C(\CN3CCOCC3)NC)ccc2cn1)c1ccnc(N2CCC(N(C)C)CC2)c1. The Morgan fingerprint density at radius 2 is 1.83 bits per heavy atom.